The highest BCUT2D eigenvalue weighted by atomic mass is 19.3. The molecular weight excluding hydrogens is 458 g/mol. The Hall–Kier alpha value is -3.47. The Bertz CT molecular complexity index is 1310. The molecule has 1 atom stereocenters. The minimum absolute atomic E-state index is 0.0313. The Balaban J connectivity index is 1.87. The molecule has 0 spiro atoms. The maximum absolute atomic E-state index is 14.5. The molecule has 0 saturated carbocycles. The second-order valence-corrected chi connectivity index (χ2v) is 8.06. The topological polar surface area (TPSA) is 93.5 Å². The number of halogens is 4. The number of hydrogen-bond donors (Lipinski definition) is 2. The van der Waals surface area contributed by atoms with Gasteiger partial charge in [-0.3, -0.25) is 4.79 Å². The maximum atomic E-state index is 14.5. The van der Waals surface area contributed by atoms with Crippen LogP contribution in [0.1, 0.15) is 60.0 Å². The Morgan fingerprint density at radius 2 is 1.88 bits per heavy atom. The molecule has 4 rings (SSSR count). The number of aromatic nitrogens is 2. The van der Waals surface area contributed by atoms with Crippen LogP contribution in [-0.2, 0) is 4.74 Å². The van der Waals surface area contributed by atoms with Crippen LogP contribution in [0.5, 0.6) is 0 Å². The van der Waals surface area contributed by atoms with E-state index in [1.165, 1.54) is 6.07 Å². The van der Waals surface area contributed by atoms with Gasteiger partial charge in [-0.15, -0.1) is 0 Å². The van der Waals surface area contributed by atoms with E-state index >= 15 is 0 Å². The minimum atomic E-state index is -3.16. The van der Waals surface area contributed by atoms with Crippen molar-refractivity contribution in [3.63, 3.8) is 0 Å². The van der Waals surface area contributed by atoms with Gasteiger partial charge >= 0.3 is 12.5 Å². The third-order valence-corrected chi connectivity index (χ3v) is 5.86. The van der Waals surface area contributed by atoms with E-state index in [1.54, 1.807) is 6.92 Å². The quantitative estimate of drug-likeness (QED) is 0.492. The van der Waals surface area contributed by atoms with Crippen LogP contribution in [0.3, 0.4) is 0 Å². The number of anilines is 1. The summed E-state index contributed by atoms with van der Waals surface area (Å²) in [5, 5.41) is 11.9. The molecule has 2 N–H and O–H groups in total. The first-order valence-electron chi connectivity index (χ1n) is 10.6. The maximum Gasteiger partial charge on any atom is 0.337 e. The lowest BCUT2D eigenvalue weighted by Gasteiger charge is -2.25. The first-order valence-corrected chi connectivity index (χ1v) is 10.6. The molecule has 0 unspecified atom stereocenters. The van der Waals surface area contributed by atoms with Gasteiger partial charge in [0.25, 0.3) is 5.56 Å². The predicted molar refractivity (Wildman–Crippen MR) is 115 cm³/mol. The van der Waals surface area contributed by atoms with Gasteiger partial charge in [-0.25, -0.2) is 23.1 Å². The number of aromatic carboxylic acids is 1. The highest BCUT2D eigenvalue weighted by Gasteiger charge is 2.28. The number of fused-ring (bicyclic) bond motifs is 1. The number of carboxylic acid groups (broad SMARTS) is 1. The fraction of sp³-hybridized carbons (Fsp3) is 0.348. The molecule has 3 aromatic rings. The summed E-state index contributed by atoms with van der Waals surface area (Å²) in [5.41, 5.74) is -1.15. The molecule has 1 aliphatic heterocycles. The molecule has 1 fully saturated rings. The molecule has 0 radical (unpaired) electrons. The molecule has 180 valence electrons. The van der Waals surface area contributed by atoms with Crippen molar-refractivity contribution < 1.29 is 32.2 Å². The van der Waals surface area contributed by atoms with Crippen molar-refractivity contribution >= 4 is 22.6 Å². The normalized spacial score (nSPS) is 15.6. The molecule has 7 nitrogen and oxygen atoms in total. The van der Waals surface area contributed by atoms with Gasteiger partial charge in [0.15, 0.2) is 0 Å². The lowest BCUT2D eigenvalue weighted by molar-refractivity contribution is 0.0502. The van der Waals surface area contributed by atoms with Crippen LogP contribution in [0.2, 0.25) is 0 Å². The highest BCUT2D eigenvalue weighted by molar-refractivity contribution is 5.94. The van der Waals surface area contributed by atoms with E-state index < -0.39 is 41.7 Å². The summed E-state index contributed by atoms with van der Waals surface area (Å²) in [6, 6.07) is 4.28. The predicted octanol–water partition coefficient (Wildman–Crippen LogP) is 4.84. The standard InChI is InChI=1S/C23H21F4N3O4/c1-11(28-18-3-2-13(24)8-16(18)22(32)33)15-9-14(25)10-17-19(15)29-20(12-4-6-34-7-5-12)30(21(17)31)23(26)27/h2-3,8-12,23,28H,4-7H2,1H3,(H,32,33)/t11-/m1/s1. The van der Waals surface area contributed by atoms with E-state index in [1.807, 2.05) is 0 Å². The summed E-state index contributed by atoms with van der Waals surface area (Å²) in [6.45, 7) is -0.934. The van der Waals surface area contributed by atoms with Crippen molar-refractivity contribution in [3.05, 3.63) is 69.3 Å². The minimum Gasteiger partial charge on any atom is -0.478 e. The number of rotatable bonds is 6. The summed E-state index contributed by atoms with van der Waals surface area (Å²) in [4.78, 5) is 28.9. The Kier molecular flexibility index (Phi) is 6.56. The Morgan fingerprint density at radius 1 is 1.18 bits per heavy atom. The van der Waals surface area contributed by atoms with Crippen LogP contribution >= 0.6 is 0 Å². The van der Waals surface area contributed by atoms with Gasteiger partial charge in [-0.1, -0.05) is 0 Å². The lowest BCUT2D eigenvalue weighted by Crippen LogP contribution is -2.30. The summed E-state index contributed by atoms with van der Waals surface area (Å²) in [6.07, 6.45) is 0.791. The summed E-state index contributed by atoms with van der Waals surface area (Å²) in [7, 11) is 0. The second-order valence-electron chi connectivity index (χ2n) is 8.06. The molecule has 0 aliphatic carbocycles. The van der Waals surface area contributed by atoms with Crippen molar-refractivity contribution in [1.82, 2.24) is 9.55 Å². The molecule has 2 aromatic carbocycles. The monoisotopic (exact) mass is 479 g/mol. The van der Waals surface area contributed by atoms with E-state index in [9.17, 15) is 32.3 Å². The van der Waals surface area contributed by atoms with Gasteiger partial charge in [0.2, 0.25) is 0 Å². The zero-order chi connectivity index (χ0) is 24.6. The zero-order valence-electron chi connectivity index (χ0n) is 18.0. The molecule has 1 saturated heterocycles. The van der Waals surface area contributed by atoms with Crippen LogP contribution in [0.15, 0.2) is 35.1 Å². The molecular formula is C23H21F4N3O4. The van der Waals surface area contributed by atoms with Crippen LogP contribution < -0.4 is 10.9 Å². The Morgan fingerprint density at radius 3 is 2.53 bits per heavy atom. The number of nitrogens with zero attached hydrogens (tertiary/aromatic N) is 2. The first kappa shape index (κ1) is 23.7. The number of carbonyl (C=O) groups is 1. The van der Waals surface area contributed by atoms with E-state index in [0.29, 0.717) is 30.6 Å². The number of hydrogen-bond acceptors (Lipinski definition) is 5. The smallest absolute Gasteiger partial charge is 0.337 e. The van der Waals surface area contributed by atoms with Crippen LogP contribution in [0, 0.1) is 11.6 Å². The fourth-order valence-corrected chi connectivity index (χ4v) is 4.20. The first-order chi connectivity index (χ1) is 16.2. The van der Waals surface area contributed by atoms with Crippen molar-refractivity contribution in [2.24, 2.45) is 0 Å². The molecule has 0 bridgehead atoms. The van der Waals surface area contributed by atoms with E-state index in [4.69, 9.17) is 4.74 Å². The van der Waals surface area contributed by atoms with Gasteiger partial charge < -0.3 is 15.2 Å². The summed E-state index contributed by atoms with van der Waals surface area (Å²) >= 11 is 0. The molecule has 34 heavy (non-hydrogen) atoms. The summed E-state index contributed by atoms with van der Waals surface area (Å²) in [5.74, 6) is -3.52. The van der Waals surface area contributed by atoms with Crippen LogP contribution in [0.25, 0.3) is 10.9 Å². The van der Waals surface area contributed by atoms with Crippen molar-refractivity contribution in [1.29, 1.82) is 0 Å². The largest absolute Gasteiger partial charge is 0.478 e. The molecule has 1 aromatic heterocycles. The van der Waals surface area contributed by atoms with E-state index in [2.05, 4.69) is 10.3 Å². The van der Waals surface area contributed by atoms with Crippen molar-refractivity contribution in [3.8, 4) is 0 Å². The number of nitrogens with one attached hydrogen (secondary N) is 1. The third-order valence-electron chi connectivity index (χ3n) is 5.86. The van der Waals surface area contributed by atoms with Gasteiger partial charge in [-0.2, -0.15) is 8.78 Å². The van der Waals surface area contributed by atoms with E-state index in [0.717, 1.165) is 24.3 Å². The Labute approximate surface area is 191 Å². The third kappa shape index (κ3) is 4.47. The fourth-order valence-electron chi connectivity index (χ4n) is 4.20. The average molecular weight is 479 g/mol. The van der Waals surface area contributed by atoms with Crippen LogP contribution in [0.4, 0.5) is 23.2 Å². The van der Waals surface area contributed by atoms with Crippen LogP contribution in [-0.4, -0.2) is 33.8 Å². The molecule has 11 heteroatoms. The average Bonchev–Trinajstić information content (AvgIpc) is 2.80. The SMILES string of the molecule is C[C@@H](Nc1ccc(F)cc1C(=O)O)c1cc(F)cc2c(=O)n(C(F)F)c(C3CCOCC3)nc12. The summed E-state index contributed by atoms with van der Waals surface area (Å²) < 4.78 is 61.3. The van der Waals surface area contributed by atoms with E-state index in [-0.39, 0.29) is 33.5 Å². The van der Waals surface area contributed by atoms with Crippen molar-refractivity contribution in [2.75, 3.05) is 18.5 Å². The highest BCUT2D eigenvalue weighted by Crippen LogP contribution is 2.32. The van der Waals surface area contributed by atoms with Gasteiger partial charge in [-0.05, 0) is 50.1 Å². The molecule has 0 amide bonds. The zero-order valence-corrected chi connectivity index (χ0v) is 18.0. The van der Waals surface area contributed by atoms with Gasteiger partial charge in [0, 0.05) is 30.4 Å². The number of carboxylic acids is 1. The van der Waals surface area contributed by atoms with Crippen molar-refractivity contribution in [2.45, 2.75) is 38.3 Å². The lowest BCUT2D eigenvalue weighted by atomic mass is 9.97. The molecule has 1 aliphatic rings. The number of benzene rings is 2. The number of ether oxygens (including phenoxy) is 1. The van der Waals surface area contributed by atoms with Gasteiger partial charge in [0.05, 0.1) is 22.5 Å². The van der Waals surface area contributed by atoms with Gasteiger partial charge in [0.1, 0.15) is 17.5 Å². The number of alkyl halides is 2. The second kappa shape index (κ2) is 9.41. The molecule has 2 heterocycles.